The number of fused-ring (bicyclic) bond motifs is 3. The van der Waals surface area contributed by atoms with E-state index in [4.69, 9.17) is 14.2 Å². The highest BCUT2D eigenvalue weighted by atomic mass is 16.6. The van der Waals surface area contributed by atoms with Crippen LogP contribution in [0, 0.1) is 0 Å². The maximum Gasteiger partial charge on any atom is 0.223 e. The van der Waals surface area contributed by atoms with E-state index in [1.165, 1.54) is 24.0 Å². The van der Waals surface area contributed by atoms with Crippen molar-refractivity contribution in [3.8, 4) is 11.5 Å². The maximum atomic E-state index is 13.2. The Balaban J connectivity index is 1.44. The van der Waals surface area contributed by atoms with Crippen LogP contribution in [0.3, 0.4) is 0 Å². The van der Waals surface area contributed by atoms with Crippen molar-refractivity contribution in [2.45, 2.75) is 75.9 Å². The molecule has 5 rings (SSSR count). The molecule has 0 aromatic heterocycles. The maximum absolute atomic E-state index is 13.2. The Morgan fingerprint density at radius 1 is 1.11 bits per heavy atom. The number of rotatable bonds is 3. The molecule has 0 N–H and O–H groups in total. The van der Waals surface area contributed by atoms with Crippen LogP contribution in [0.4, 0.5) is 0 Å². The minimum absolute atomic E-state index is 0.0778. The second-order valence-electron chi connectivity index (χ2n) is 8.94. The van der Waals surface area contributed by atoms with Gasteiger partial charge in [-0.1, -0.05) is 12.8 Å². The van der Waals surface area contributed by atoms with E-state index in [9.17, 15) is 4.79 Å². The third-order valence-electron chi connectivity index (χ3n) is 7.26. The number of carbonyl (C=O) groups excluding carboxylic acids is 1. The molecule has 1 saturated heterocycles. The number of nitrogens with zero attached hydrogens (tertiary/aromatic N) is 1. The zero-order valence-electron chi connectivity index (χ0n) is 16.9. The lowest BCUT2D eigenvalue weighted by molar-refractivity contribution is -0.135. The number of hydrogen-bond donors (Lipinski definition) is 0. The predicted octanol–water partition coefficient (Wildman–Crippen LogP) is 4.13. The van der Waals surface area contributed by atoms with E-state index in [1.54, 1.807) is 0 Å². The van der Waals surface area contributed by atoms with Crippen LogP contribution in [0.2, 0.25) is 0 Å². The first-order valence-corrected chi connectivity index (χ1v) is 11.0. The van der Waals surface area contributed by atoms with Gasteiger partial charge >= 0.3 is 0 Å². The average molecular weight is 386 g/mol. The number of amides is 1. The van der Waals surface area contributed by atoms with Gasteiger partial charge < -0.3 is 19.1 Å². The topological polar surface area (TPSA) is 48.0 Å². The fraction of sp³-hybridized carbons (Fsp3) is 0.696. The van der Waals surface area contributed by atoms with Crippen molar-refractivity contribution in [1.29, 1.82) is 0 Å². The highest BCUT2D eigenvalue weighted by Gasteiger charge is 2.46. The quantitative estimate of drug-likeness (QED) is 0.785. The molecule has 1 saturated carbocycles. The zero-order valence-corrected chi connectivity index (χ0v) is 16.9. The molecule has 3 aliphatic heterocycles. The molecule has 1 amide bonds. The standard InChI is InChI=1S/C23H31NO4/c1-16-18-13-20-21(28-12-11-27-20)14-19(18)23(8-2-3-9-23)15-24(16)22(25)7-6-17-5-4-10-26-17/h13-14,16-17H,2-12,15H2,1H3. The molecule has 5 nitrogen and oxygen atoms in total. The SMILES string of the molecule is CC1c2cc3c(cc2C2(CCCC2)CN1C(=O)CCC1CCCO1)OCCO3. The van der Waals surface area contributed by atoms with Gasteiger partial charge in [0, 0.05) is 25.0 Å². The van der Waals surface area contributed by atoms with Gasteiger partial charge in [-0.3, -0.25) is 4.79 Å². The van der Waals surface area contributed by atoms with E-state index in [2.05, 4.69) is 24.0 Å². The van der Waals surface area contributed by atoms with Crippen molar-refractivity contribution in [3.05, 3.63) is 23.3 Å². The van der Waals surface area contributed by atoms with Gasteiger partial charge in [0.05, 0.1) is 12.1 Å². The Morgan fingerprint density at radius 3 is 2.57 bits per heavy atom. The van der Waals surface area contributed by atoms with Crippen molar-refractivity contribution in [2.75, 3.05) is 26.4 Å². The molecule has 1 aromatic rings. The van der Waals surface area contributed by atoms with Crippen LogP contribution >= 0.6 is 0 Å². The molecule has 1 aromatic carbocycles. The number of hydrogen-bond acceptors (Lipinski definition) is 4. The van der Waals surface area contributed by atoms with Gasteiger partial charge in [0.2, 0.25) is 5.91 Å². The third-order valence-corrected chi connectivity index (χ3v) is 7.26. The lowest BCUT2D eigenvalue weighted by Crippen LogP contribution is -2.48. The van der Waals surface area contributed by atoms with E-state index >= 15 is 0 Å². The van der Waals surface area contributed by atoms with Gasteiger partial charge in [0.15, 0.2) is 11.5 Å². The molecule has 2 fully saturated rings. The van der Waals surface area contributed by atoms with Crippen LogP contribution in [-0.2, 0) is 14.9 Å². The first-order chi connectivity index (χ1) is 13.7. The molecule has 4 aliphatic rings. The minimum atomic E-state index is 0.0778. The van der Waals surface area contributed by atoms with Crippen LogP contribution in [0.15, 0.2) is 12.1 Å². The molecule has 152 valence electrons. The predicted molar refractivity (Wildman–Crippen MR) is 106 cm³/mol. The summed E-state index contributed by atoms with van der Waals surface area (Å²) in [4.78, 5) is 15.4. The Morgan fingerprint density at radius 2 is 1.86 bits per heavy atom. The average Bonchev–Trinajstić information content (AvgIpc) is 3.41. The zero-order chi connectivity index (χ0) is 19.1. The largest absolute Gasteiger partial charge is 0.486 e. The molecule has 3 heterocycles. The van der Waals surface area contributed by atoms with Gasteiger partial charge in [0.25, 0.3) is 0 Å². The lowest BCUT2D eigenvalue weighted by atomic mass is 9.71. The van der Waals surface area contributed by atoms with E-state index in [-0.39, 0.29) is 23.5 Å². The summed E-state index contributed by atoms with van der Waals surface area (Å²) < 4.78 is 17.5. The second kappa shape index (κ2) is 7.25. The van der Waals surface area contributed by atoms with E-state index in [1.807, 2.05) is 0 Å². The third kappa shape index (κ3) is 3.08. The molecule has 1 aliphatic carbocycles. The summed E-state index contributed by atoms with van der Waals surface area (Å²) in [6, 6.07) is 4.45. The van der Waals surface area contributed by atoms with Crippen LogP contribution in [-0.4, -0.2) is 43.3 Å². The van der Waals surface area contributed by atoms with Crippen molar-refractivity contribution < 1.29 is 19.0 Å². The molecule has 0 radical (unpaired) electrons. The van der Waals surface area contributed by atoms with Crippen LogP contribution in [0.25, 0.3) is 0 Å². The van der Waals surface area contributed by atoms with Crippen molar-refractivity contribution in [2.24, 2.45) is 0 Å². The van der Waals surface area contributed by atoms with Gasteiger partial charge in [-0.25, -0.2) is 0 Å². The number of ether oxygens (including phenoxy) is 3. The van der Waals surface area contributed by atoms with Crippen molar-refractivity contribution in [1.82, 2.24) is 4.90 Å². The first kappa shape index (κ1) is 18.3. The lowest BCUT2D eigenvalue weighted by Gasteiger charge is -2.46. The highest BCUT2D eigenvalue weighted by molar-refractivity contribution is 5.77. The number of carbonyl (C=O) groups is 1. The summed E-state index contributed by atoms with van der Waals surface area (Å²) >= 11 is 0. The summed E-state index contributed by atoms with van der Waals surface area (Å²) in [5.41, 5.74) is 2.73. The molecule has 0 bridgehead atoms. The van der Waals surface area contributed by atoms with Gasteiger partial charge in [0.1, 0.15) is 13.2 Å². The Labute approximate surface area is 167 Å². The monoisotopic (exact) mass is 385 g/mol. The molecule has 28 heavy (non-hydrogen) atoms. The molecule has 2 unspecified atom stereocenters. The fourth-order valence-electron chi connectivity index (χ4n) is 5.71. The molecule has 2 atom stereocenters. The Hall–Kier alpha value is -1.75. The normalized spacial score (nSPS) is 27.8. The summed E-state index contributed by atoms with van der Waals surface area (Å²) in [5, 5.41) is 0. The molecule has 1 spiro atoms. The summed E-state index contributed by atoms with van der Waals surface area (Å²) in [5.74, 6) is 1.98. The van der Waals surface area contributed by atoms with Gasteiger partial charge in [-0.15, -0.1) is 0 Å². The van der Waals surface area contributed by atoms with Gasteiger partial charge in [-0.2, -0.15) is 0 Å². The van der Waals surface area contributed by atoms with Crippen LogP contribution < -0.4 is 9.47 Å². The van der Waals surface area contributed by atoms with Crippen molar-refractivity contribution >= 4 is 5.91 Å². The minimum Gasteiger partial charge on any atom is -0.486 e. The highest BCUT2D eigenvalue weighted by Crippen LogP contribution is 2.52. The Bertz CT molecular complexity index is 749. The number of benzene rings is 1. The van der Waals surface area contributed by atoms with E-state index in [0.717, 1.165) is 56.8 Å². The smallest absolute Gasteiger partial charge is 0.223 e. The summed E-state index contributed by atoms with van der Waals surface area (Å²) in [6.45, 7) is 5.06. The fourth-order valence-corrected chi connectivity index (χ4v) is 5.71. The summed E-state index contributed by atoms with van der Waals surface area (Å²) in [6.07, 6.45) is 8.72. The summed E-state index contributed by atoms with van der Waals surface area (Å²) in [7, 11) is 0. The first-order valence-electron chi connectivity index (χ1n) is 11.0. The van der Waals surface area contributed by atoms with E-state index < -0.39 is 0 Å². The molecular formula is C23H31NO4. The van der Waals surface area contributed by atoms with Gasteiger partial charge in [-0.05, 0) is 62.3 Å². The van der Waals surface area contributed by atoms with Crippen LogP contribution in [0.5, 0.6) is 11.5 Å². The van der Waals surface area contributed by atoms with E-state index in [0.29, 0.717) is 19.6 Å². The molecule has 5 heteroatoms. The second-order valence-corrected chi connectivity index (χ2v) is 8.94. The Kier molecular flexibility index (Phi) is 4.74. The van der Waals surface area contributed by atoms with Crippen LogP contribution in [0.1, 0.15) is 75.5 Å². The van der Waals surface area contributed by atoms with Crippen molar-refractivity contribution in [3.63, 3.8) is 0 Å². The molecular weight excluding hydrogens is 354 g/mol.